The van der Waals surface area contributed by atoms with Crippen LogP contribution in [-0.2, 0) is 9.53 Å². The molecule has 1 fully saturated rings. The van der Waals surface area contributed by atoms with E-state index >= 15 is 0 Å². The summed E-state index contributed by atoms with van der Waals surface area (Å²) in [7, 11) is 0. The maximum Gasteiger partial charge on any atom is 0.410 e. The van der Waals surface area contributed by atoms with Crippen LogP contribution in [0.15, 0.2) is 17.2 Å². The van der Waals surface area contributed by atoms with Crippen molar-refractivity contribution in [3.63, 3.8) is 0 Å². The molecule has 2 amide bonds. The molecule has 0 saturated carbocycles. The van der Waals surface area contributed by atoms with Crippen LogP contribution in [0.5, 0.6) is 5.75 Å². The average molecular weight is 405 g/mol. The fourth-order valence-corrected chi connectivity index (χ4v) is 3.42. The van der Waals surface area contributed by atoms with E-state index in [4.69, 9.17) is 9.47 Å². The zero-order valence-electron chi connectivity index (χ0n) is 16.8. The largest absolute Gasteiger partial charge is 0.483 e. The highest BCUT2D eigenvalue weighted by Crippen LogP contribution is 2.38. The number of ether oxygens (including phenoxy) is 2. The summed E-state index contributed by atoms with van der Waals surface area (Å²) < 4.78 is 25.5. The highest BCUT2D eigenvalue weighted by Gasteiger charge is 2.37. The van der Waals surface area contributed by atoms with E-state index in [0.29, 0.717) is 30.4 Å². The van der Waals surface area contributed by atoms with Crippen molar-refractivity contribution in [3.05, 3.63) is 17.9 Å². The molecule has 0 radical (unpaired) electrons. The van der Waals surface area contributed by atoms with Crippen molar-refractivity contribution < 1.29 is 23.5 Å². The maximum atomic E-state index is 14.6. The van der Waals surface area contributed by atoms with Gasteiger partial charge in [-0.15, -0.1) is 0 Å². The molecule has 0 aliphatic carbocycles. The van der Waals surface area contributed by atoms with Gasteiger partial charge in [0.25, 0.3) is 5.91 Å². The lowest BCUT2D eigenvalue weighted by atomic mass is 10.1. The van der Waals surface area contributed by atoms with Gasteiger partial charge in [-0.3, -0.25) is 4.79 Å². The second-order valence-corrected chi connectivity index (χ2v) is 8.37. The number of hydrazone groups is 1. The summed E-state index contributed by atoms with van der Waals surface area (Å²) >= 11 is 0. The number of carbonyl (C=O) groups excluding carboxylic acids is 2. The smallest absolute Gasteiger partial charge is 0.410 e. The Morgan fingerprint density at radius 3 is 2.79 bits per heavy atom. The molecule has 1 saturated heterocycles. The number of fused-ring (bicyclic) bond motifs is 3. The third-order valence-electron chi connectivity index (χ3n) is 4.90. The topological polar surface area (TPSA) is 95.5 Å². The molecule has 0 unspecified atom stereocenters. The minimum atomic E-state index is -0.559. The van der Waals surface area contributed by atoms with Gasteiger partial charge in [-0.05, 0) is 33.8 Å². The summed E-state index contributed by atoms with van der Waals surface area (Å²) in [5, 5.41) is 7.15. The molecule has 0 spiro atoms. The van der Waals surface area contributed by atoms with Crippen LogP contribution in [0.2, 0.25) is 0 Å². The van der Waals surface area contributed by atoms with Crippen molar-refractivity contribution in [2.45, 2.75) is 45.4 Å². The molecule has 1 aromatic rings. The monoisotopic (exact) mass is 405 g/mol. The minimum absolute atomic E-state index is 0.102. The Bertz CT molecular complexity index is 891. The van der Waals surface area contributed by atoms with Crippen LogP contribution in [0.3, 0.4) is 0 Å². The van der Waals surface area contributed by atoms with Crippen molar-refractivity contribution in [1.29, 1.82) is 0 Å². The number of halogens is 1. The number of nitrogens with one attached hydrogen (secondary N) is 2. The van der Waals surface area contributed by atoms with Gasteiger partial charge in [0.15, 0.2) is 5.84 Å². The Labute approximate surface area is 167 Å². The molecule has 0 aromatic heterocycles. The Morgan fingerprint density at radius 1 is 1.38 bits per heavy atom. The van der Waals surface area contributed by atoms with Gasteiger partial charge in [0, 0.05) is 19.2 Å². The number of hydrogen-bond donors (Lipinski definition) is 2. The van der Waals surface area contributed by atoms with Crippen LogP contribution in [0, 0.1) is 5.82 Å². The number of anilines is 2. The lowest BCUT2D eigenvalue weighted by Gasteiger charge is -2.41. The third-order valence-corrected chi connectivity index (χ3v) is 4.90. The first-order valence-electron chi connectivity index (χ1n) is 9.49. The second kappa shape index (κ2) is 6.78. The van der Waals surface area contributed by atoms with E-state index < -0.39 is 17.5 Å². The summed E-state index contributed by atoms with van der Waals surface area (Å²) in [5.74, 6) is 0.209. The Balaban J connectivity index is 1.48. The van der Waals surface area contributed by atoms with E-state index in [-0.39, 0.29) is 30.3 Å². The van der Waals surface area contributed by atoms with Gasteiger partial charge in [0.2, 0.25) is 0 Å². The van der Waals surface area contributed by atoms with E-state index in [1.54, 1.807) is 22.8 Å². The van der Waals surface area contributed by atoms with Crippen molar-refractivity contribution in [1.82, 2.24) is 10.3 Å². The number of likely N-dealkylation sites (tertiary alicyclic amines) is 1. The predicted molar refractivity (Wildman–Crippen MR) is 105 cm³/mol. The fraction of sp³-hybridized carbons (Fsp3) is 0.526. The van der Waals surface area contributed by atoms with Gasteiger partial charge in [0.1, 0.15) is 29.8 Å². The van der Waals surface area contributed by atoms with E-state index in [9.17, 15) is 14.0 Å². The molecule has 2 N–H and O–H groups in total. The normalized spacial score (nSPS) is 21.2. The number of nitrogens with zero attached hydrogens (tertiary/aromatic N) is 3. The SMILES string of the molecule is C[C@@H]1C(=O)NN=C2COc3cc(F)c(NC4CN(C(=O)OC(C)(C)C)C4)cc3N21. The molecule has 4 rings (SSSR count). The highest BCUT2D eigenvalue weighted by molar-refractivity contribution is 6.09. The summed E-state index contributed by atoms with van der Waals surface area (Å²) in [6.07, 6.45) is -0.385. The van der Waals surface area contributed by atoms with Gasteiger partial charge < -0.3 is 24.6 Å². The average Bonchev–Trinajstić information content (AvgIpc) is 2.59. The molecule has 29 heavy (non-hydrogen) atoms. The van der Waals surface area contributed by atoms with Gasteiger partial charge in [-0.1, -0.05) is 0 Å². The molecule has 1 aromatic carbocycles. The fourth-order valence-electron chi connectivity index (χ4n) is 3.42. The summed E-state index contributed by atoms with van der Waals surface area (Å²) in [6.45, 7) is 8.16. The van der Waals surface area contributed by atoms with Crippen molar-refractivity contribution in [3.8, 4) is 5.75 Å². The van der Waals surface area contributed by atoms with Gasteiger partial charge >= 0.3 is 6.09 Å². The van der Waals surface area contributed by atoms with Gasteiger partial charge in [-0.25, -0.2) is 14.6 Å². The van der Waals surface area contributed by atoms with Gasteiger partial charge in [-0.2, -0.15) is 5.10 Å². The number of rotatable bonds is 2. The number of amides is 2. The number of carbonyl (C=O) groups is 2. The van der Waals surface area contributed by atoms with Gasteiger partial charge in [0.05, 0.1) is 17.4 Å². The number of amidine groups is 1. The molecule has 0 bridgehead atoms. The Morgan fingerprint density at radius 2 is 2.10 bits per heavy atom. The van der Waals surface area contributed by atoms with Crippen molar-refractivity contribution >= 4 is 29.2 Å². The molecule has 156 valence electrons. The molecule has 3 heterocycles. The minimum Gasteiger partial charge on any atom is -0.483 e. The van der Waals surface area contributed by atoms with Crippen LogP contribution >= 0.6 is 0 Å². The molecule has 9 nitrogen and oxygen atoms in total. The van der Waals surface area contributed by atoms with Crippen LogP contribution < -0.4 is 20.4 Å². The van der Waals surface area contributed by atoms with E-state index in [0.717, 1.165) is 0 Å². The summed E-state index contributed by atoms with van der Waals surface area (Å²) in [5.41, 5.74) is 2.75. The van der Waals surface area contributed by atoms with Crippen LogP contribution in [0.25, 0.3) is 0 Å². The summed E-state index contributed by atoms with van der Waals surface area (Å²) in [4.78, 5) is 27.4. The van der Waals surface area contributed by atoms with Crippen LogP contribution in [0.4, 0.5) is 20.6 Å². The van der Waals surface area contributed by atoms with Crippen molar-refractivity contribution in [2.24, 2.45) is 5.10 Å². The van der Waals surface area contributed by atoms with E-state index in [1.165, 1.54) is 6.07 Å². The van der Waals surface area contributed by atoms with Crippen LogP contribution in [0.1, 0.15) is 27.7 Å². The lowest BCUT2D eigenvalue weighted by molar-refractivity contribution is -0.122. The highest BCUT2D eigenvalue weighted by atomic mass is 19.1. The zero-order valence-corrected chi connectivity index (χ0v) is 16.8. The molecule has 10 heteroatoms. The van der Waals surface area contributed by atoms with E-state index in [1.807, 2.05) is 20.8 Å². The predicted octanol–water partition coefficient (Wildman–Crippen LogP) is 1.89. The molecule has 1 atom stereocenters. The number of benzene rings is 1. The quantitative estimate of drug-likeness (QED) is 0.780. The summed E-state index contributed by atoms with van der Waals surface area (Å²) in [6, 6.07) is 2.33. The Hall–Kier alpha value is -3.04. The standard InChI is InChI=1S/C19H24FN5O4/c1-10-17(26)23-22-16-9-28-15-5-12(20)13(6-14(15)25(10)16)21-11-7-24(8-11)18(27)29-19(2,3)4/h5-6,10-11,21H,7-9H2,1-4H3,(H,23,26)/t10-/m1/s1. The zero-order chi connectivity index (χ0) is 20.9. The number of hydrogen-bond acceptors (Lipinski definition) is 7. The van der Waals surface area contributed by atoms with Crippen molar-refractivity contribution in [2.75, 3.05) is 29.9 Å². The lowest BCUT2D eigenvalue weighted by Crippen LogP contribution is -2.58. The first-order chi connectivity index (χ1) is 13.6. The van der Waals surface area contributed by atoms with Crippen LogP contribution in [-0.4, -0.2) is 60.1 Å². The van der Waals surface area contributed by atoms with E-state index in [2.05, 4.69) is 15.8 Å². The first-order valence-corrected chi connectivity index (χ1v) is 9.49. The molecular formula is C19H24FN5O4. The maximum absolute atomic E-state index is 14.6. The molecule has 3 aliphatic rings. The molecular weight excluding hydrogens is 381 g/mol. The third kappa shape index (κ3) is 3.66. The second-order valence-electron chi connectivity index (χ2n) is 8.37. The Kier molecular flexibility index (Phi) is 4.51. The molecule has 3 aliphatic heterocycles. The first kappa shape index (κ1) is 19.3.